The van der Waals surface area contributed by atoms with E-state index >= 15 is 0 Å². The summed E-state index contributed by atoms with van der Waals surface area (Å²) in [6, 6.07) is 9.54. The van der Waals surface area contributed by atoms with Gasteiger partial charge in [0.2, 0.25) is 0 Å². The highest BCUT2D eigenvalue weighted by molar-refractivity contribution is 7.80. The Labute approximate surface area is 165 Å². The summed E-state index contributed by atoms with van der Waals surface area (Å²) in [5.41, 5.74) is 1.06. The largest absolute Gasteiger partial charge is 0.457 e. The van der Waals surface area contributed by atoms with E-state index in [0.717, 1.165) is 12.8 Å². The van der Waals surface area contributed by atoms with Gasteiger partial charge in [0.15, 0.2) is 5.11 Å². The number of amides is 1. The molecular weight excluding hydrogens is 382 g/mol. The lowest BCUT2D eigenvalue weighted by atomic mass is 10.1. The average Bonchev–Trinajstić information content (AvgIpc) is 3.41. The van der Waals surface area contributed by atoms with Gasteiger partial charge >= 0.3 is 0 Å². The van der Waals surface area contributed by atoms with Crippen LogP contribution in [-0.2, 0) is 9.53 Å². The van der Waals surface area contributed by atoms with Gasteiger partial charge < -0.3 is 14.5 Å². The molecule has 2 aliphatic rings. The molecule has 0 unspecified atom stereocenters. The summed E-state index contributed by atoms with van der Waals surface area (Å²) in [5.74, 6) is 0.811. The molecule has 28 heavy (non-hydrogen) atoms. The number of furan rings is 1. The molecule has 0 radical (unpaired) electrons. The first-order valence-corrected chi connectivity index (χ1v) is 9.23. The molecule has 8 nitrogen and oxygen atoms in total. The van der Waals surface area contributed by atoms with Crippen LogP contribution in [0, 0.1) is 10.1 Å². The van der Waals surface area contributed by atoms with Crippen molar-refractivity contribution in [2.75, 3.05) is 13.2 Å². The monoisotopic (exact) mass is 399 g/mol. The number of carbonyl (C=O) groups is 1. The lowest BCUT2D eigenvalue weighted by Gasteiger charge is -2.18. The number of nitro groups is 1. The molecule has 2 aliphatic heterocycles. The number of thiocarbonyl (C=S) groups is 1. The molecule has 144 valence electrons. The van der Waals surface area contributed by atoms with Crippen molar-refractivity contribution in [3.63, 3.8) is 0 Å². The number of rotatable bonds is 5. The maximum absolute atomic E-state index is 12.6. The quantitative estimate of drug-likeness (QED) is 0.357. The topological polar surface area (TPSA) is 97.8 Å². The Bertz CT molecular complexity index is 960. The normalized spacial score (nSPS) is 20.8. The van der Waals surface area contributed by atoms with E-state index in [1.54, 1.807) is 30.3 Å². The molecule has 0 bridgehead atoms. The maximum atomic E-state index is 12.6. The second kappa shape index (κ2) is 7.53. The summed E-state index contributed by atoms with van der Waals surface area (Å²) in [6.07, 6.45) is 3.52. The van der Waals surface area contributed by atoms with Gasteiger partial charge in [-0.25, -0.2) is 0 Å². The third kappa shape index (κ3) is 3.67. The molecule has 4 rings (SSSR count). The van der Waals surface area contributed by atoms with E-state index in [4.69, 9.17) is 21.4 Å². The van der Waals surface area contributed by atoms with Crippen molar-refractivity contribution in [1.29, 1.82) is 0 Å². The first-order chi connectivity index (χ1) is 13.5. The number of hydrogen-bond donors (Lipinski definition) is 1. The molecule has 2 saturated heterocycles. The van der Waals surface area contributed by atoms with Crippen LogP contribution in [-0.4, -0.2) is 40.1 Å². The van der Waals surface area contributed by atoms with Gasteiger partial charge in [-0.15, -0.1) is 0 Å². The van der Waals surface area contributed by atoms with Gasteiger partial charge in [-0.3, -0.25) is 19.8 Å². The van der Waals surface area contributed by atoms with Gasteiger partial charge in [-0.05, 0) is 49.3 Å². The summed E-state index contributed by atoms with van der Waals surface area (Å²) in [5, 5.41) is 14.0. The Morgan fingerprint density at radius 1 is 1.29 bits per heavy atom. The highest BCUT2D eigenvalue weighted by atomic mass is 32.1. The van der Waals surface area contributed by atoms with Gasteiger partial charge in [0.1, 0.15) is 17.2 Å². The highest BCUT2D eigenvalue weighted by Gasteiger charge is 2.33. The number of carbonyl (C=O) groups excluding carboxylic acids is 1. The highest BCUT2D eigenvalue weighted by Crippen LogP contribution is 2.26. The number of nitrogens with zero attached hydrogens (tertiary/aromatic N) is 2. The Morgan fingerprint density at radius 2 is 2.07 bits per heavy atom. The molecule has 1 amide bonds. The SMILES string of the molecule is O=C1/C(=C\c2ccc(-c3ccc([N+](=O)[O-])cc3)o2)NC(=S)N1C[C@@H]1CCCO1. The van der Waals surface area contributed by atoms with Crippen LogP contribution in [0.3, 0.4) is 0 Å². The van der Waals surface area contributed by atoms with Crippen LogP contribution in [0.1, 0.15) is 18.6 Å². The standard InChI is InChI=1S/C19H17N3O5S/c23-18-16(20-19(28)21(18)11-15-2-1-9-26-15)10-14-7-8-17(27-14)12-3-5-13(6-4-12)22(24)25/h3-8,10,15H,1-2,9,11H2,(H,20,28)/b16-10+/t15-/m0/s1. The predicted octanol–water partition coefficient (Wildman–Crippen LogP) is 3.09. The molecule has 2 fully saturated rings. The Morgan fingerprint density at radius 3 is 2.75 bits per heavy atom. The van der Waals surface area contributed by atoms with Crippen LogP contribution in [0.25, 0.3) is 17.4 Å². The fourth-order valence-electron chi connectivity index (χ4n) is 3.20. The van der Waals surface area contributed by atoms with Crippen molar-refractivity contribution in [2.45, 2.75) is 18.9 Å². The van der Waals surface area contributed by atoms with Crippen molar-refractivity contribution < 1.29 is 18.9 Å². The second-order valence-electron chi connectivity index (χ2n) is 6.54. The summed E-state index contributed by atoms with van der Waals surface area (Å²) in [7, 11) is 0. The lowest BCUT2D eigenvalue weighted by Crippen LogP contribution is -2.37. The summed E-state index contributed by atoms with van der Waals surface area (Å²) in [4.78, 5) is 24.4. The molecule has 0 saturated carbocycles. The number of benzene rings is 1. The first kappa shape index (κ1) is 18.3. The number of hydrogen-bond acceptors (Lipinski definition) is 6. The molecule has 2 aromatic rings. The van der Waals surface area contributed by atoms with Gasteiger partial charge in [0.25, 0.3) is 11.6 Å². The third-order valence-electron chi connectivity index (χ3n) is 4.65. The molecule has 0 aliphatic carbocycles. The Kier molecular flexibility index (Phi) is 4.93. The van der Waals surface area contributed by atoms with Gasteiger partial charge in [0, 0.05) is 30.4 Å². The van der Waals surface area contributed by atoms with E-state index < -0.39 is 4.92 Å². The first-order valence-electron chi connectivity index (χ1n) is 8.82. The lowest BCUT2D eigenvalue weighted by molar-refractivity contribution is -0.384. The minimum absolute atomic E-state index is 0.0123. The van der Waals surface area contributed by atoms with Crippen LogP contribution in [0.5, 0.6) is 0 Å². The van der Waals surface area contributed by atoms with Crippen molar-refractivity contribution in [2.24, 2.45) is 0 Å². The fourth-order valence-corrected chi connectivity index (χ4v) is 3.47. The van der Waals surface area contributed by atoms with Crippen LogP contribution >= 0.6 is 12.2 Å². The van der Waals surface area contributed by atoms with E-state index in [9.17, 15) is 14.9 Å². The molecule has 0 spiro atoms. The van der Waals surface area contributed by atoms with Crippen LogP contribution in [0.2, 0.25) is 0 Å². The van der Waals surface area contributed by atoms with Crippen molar-refractivity contribution in [1.82, 2.24) is 10.2 Å². The molecule has 1 aromatic carbocycles. The van der Waals surface area contributed by atoms with Crippen LogP contribution in [0.4, 0.5) is 5.69 Å². The van der Waals surface area contributed by atoms with Crippen molar-refractivity contribution in [3.05, 3.63) is 58.0 Å². The van der Waals surface area contributed by atoms with E-state index in [1.165, 1.54) is 17.0 Å². The minimum Gasteiger partial charge on any atom is -0.457 e. The van der Waals surface area contributed by atoms with Gasteiger partial charge in [-0.1, -0.05) is 0 Å². The summed E-state index contributed by atoms with van der Waals surface area (Å²) >= 11 is 5.27. The van der Waals surface area contributed by atoms with Gasteiger partial charge in [0.05, 0.1) is 17.6 Å². The zero-order chi connectivity index (χ0) is 19.7. The van der Waals surface area contributed by atoms with E-state index in [2.05, 4.69) is 5.32 Å². The molecule has 1 N–H and O–H groups in total. The van der Waals surface area contributed by atoms with Crippen LogP contribution < -0.4 is 5.32 Å². The zero-order valence-corrected chi connectivity index (χ0v) is 15.6. The molecule has 9 heteroatoms. The van der Waals surface area contributed by atoms with Crippen LogP contribution in [0.15, 0.2) is 46.5 Å². The summed E-state index contributed by atoms with van der Waals surface area (Å²) in [6.45, 7) is 1.15. The average molecular weight is 399 g/mol. The Hall–Kier alpha value is -3.04. The van der Waals surface area contributed by atoms with Gasteiger partial charge in [-0.2, -0.15) is 0 Å². The zero-order valence-electron chi connectivity index (χ0n) is 14.8. The second-order valence-corrected chi connectivity index (χ2v) is 6.93. The summed E-state index contributed by atoms with van der Waals surface area (Å²) < 4.78 is 11.3. The maximum Gasteiger partial charge on any atom is 0.276 e. The third-order valence-corrected chi connectivity index (χ3v) is 4.97. The van der Waals surface area contributed by atoms with E-state index in [1.807, 2.05) is 0 Å². The number of ether oxygens (including phenoxy) is 1. The number of nitro benzene ring substituents is 1. The van der Waals surface area contributed by atoms with Crippen molar-refractivity contribution in [3.8, 4) is 11.3 Å². The smallest absolute Gasteiger partial charge is 0.276 e. The molecular formula is C19H17N3O5S. The molecule has 1 atom stereocenters. The predicted molar refractivity (Wildman–Crippen MR) is 105 cm³/mol. The fraction of sp³-hybridized carbons (Fsp3) is 0.263. The minimum atomic E-state index is -0.454. The number of nitrogens with one attached hydrogen (secondary N) is 1. The Balaban J connectivity index is 1.49. The van der Waals surface area contributed by atoms with E-state index in [-0.39, 0.29) is 17.7 Å². The van der Waals surface area contributed by atoms with E-state index in [0.29, 0.717) is 41.0 Å². The number of non-ortho nitro benzene ring substituents is 1. The molecule has 3 heterocycles. The molecule has 1 aromatic heterocycles. The van der Waals surface area contributed by atoms with Crippen molar-refractivity contribution >= 4 is 35.0 Å².